The van der Waals surface area contributed by atoms with E-state index in [4.69, 9.17) is 0 Å². The van der Waals surface area contributed by atoms with Gasteiger partial charge in [-0.1, -0.05) is 38.1 Å². The minimum Gasteiger partial charge on any atom is -0.336 e. The molecule has 1 fully saturated rings. The Labute approximate surface area is 184 Å². The number of carbonyl (C=O) groups excluding carboxylic acids is 2. The largest absolute Gasteiger partial charge is 0.336 e. The van der Waals surface area contributed by atoms with Crippen LogP contribution in [0.25, 0.3) is 10.6 Å². The molecule has 4 rings (SSSR count). The maximum absolute atomic E-state index is 13.0. The summed E-state index contributed by atoms with van der Waals surface area (Å²) in [6.07, 6.45) is 3.23. The van der Waals surface area contributed by atoms with Crippen LogP contribution < -0.4 is 5.32 Å². The third kappa shape index (κ3) is 4.60. The van der Waals surface area contributed by atoms with Crippen molar-refractivity contribution in [1.82, 2.24) is 14.9 Å². The Balaban J connectivity index is 1.42. The Morgan fingerprint density at radius 1 is 1.20 bits per heavy atom. The zero-order chi connectivity index (χ0) is 21.1. The van der Waals surface area contributed by atoms with Gasteiger partial charge >= 0.3 is 0 Å². The molecule has 0 bridgehead atoms. The van der Waals surface area contributed by atoms with Gasteiger partial charge in [-0.25, -0.2) is 9.97 Å². The van der Waals surface area contributed by atoms with Gasteiger partial charge in [-0.15, -0.1) is 22.7 Å². The lowest BCUT2D eigenvalue weighted by Crippen LogP contribution is -2.43. The van der Waals surface area contributed by atoms with Crippen molar-refractivity contribution in [3.8, 4) is 10.6 Å². The van der Waals surface area contributed by atoms with Gasteiger partial charge in [-0.3, -0.25) is 9.59 Å². The maximum Gasteiger partial charge on any atom is 0.273 e. The number of carbonyl (C=O) groups is 2. The van der Waals surface area contributed by atoms with Gasteiger partial charge in [-0.2, -0.15) is 0 Å². The highest BCUT2D eigenvalue weighted by Gasteiger charge is 2.30. The molecule has 0 spiro atoms. The fourth-order valence-electron chi connectivity index (χ4n) is 3.55. The average Bonchev–Trinajstić information content (AvgIpc) is 3.46. The van der Waals surface area contributed by atoms with Gasteiger partial charge in [0.1, 0.15) is 10.7 Å². The number of hydrogen-bond donors (Lipinski definition) is 1. The molecule has 1 aliphatic heterocycles. The molecule has 2 aromatic heterocycles. The van der Waals surface area contributed by atoms with E-state index >= 15 is 0 Å². The molecule has 8 heteroatoms. The number of anilines is 1. The molecule has 1 unspecified atom stereocenters. The number of nitrogens with one attached hydrogen (secondary N) is 1. The van der Waals surface area contributed by atoms with Crippen LogP contribution in [0, 0.1) is 5.92 Å². The van der Waals surface area contributed by atoms with Gasteiger partial charge in [0.2, 0.25) is 5.91 Å². The maximum atomic E-state index is 13.0. The molecule has 1 N–H and O–H groups in total. The summed E-state index contributed by atoms with van der Waals surface area (Å²) in [4.78, 5) is 36.0. The van der Waals surface area contributed by atoms with Crippen LogP contribution in [-0.2, 0) is 4.79 Å². The molecule has 6 nitrogen and oxygen atoms in total. The average molecular weight is 441 g/mol. The summed E-state index contributed by atoms with van der Waals surface area (Å²) in [5.74, 6) is 0.0651. The molecule has 3 aromatic rings. The number of aromatic nitrogens is 2. The number of piperidine rings is 1. The topological polar surface area (TPSA) is 75.2 Å². The quantitative estimate of drug-likeness (QED) is 0.613. The lowest BCUT2D eigenvalue weighted by molar-refractivity contribution is -0.121. The Bertz CT molecular complexity index is 1010. The van der Waals surface area contributed by atoms with Crippen LogP contribution in [0.4, 0.5) is 5.13 Å². The normalized spacial score (nSPS) is 16.6. The van der Waals surface area contributed by atoms with Crippen molar-refractivity contribution in [2.24, 2.45) is 5.92 Å². The zero-order valence-corrected chi connectivity index (χ0v) is 18.6. The summed E-state index contributed by atoms with van der Waals surface area (Å²) < 4.78 is 0. The van der Waals surface area contributed by atoms with Crippen molar-refractivity contribution >= 4 is 39.6 Å². The van der Waals surface area contributed by atoms with E-state index in [1.165, 1.54) is 28.2 Å². The van der Waals surface area contributed by atoms with Gasteiger partial charge in [-0.05, 0) is 24.3 Å². The Morgan fingerprint density at radius 3 is 2.70 bits per heavy atom. The molecule has 3 heterocycles. The lowest BCUT2D eigenvalue weighted by atomic mass is 9.97. The number of likely N-dealkylation sites (tertiary alicyclic amines) is 1. The van der Waals surface area contributed by atoms with Crippen LogP contribution in [0.15, 0.2) is 41.2 Å². The van der Waals surface area contributed by atoms with Gasteiger partial charge in [0.05, 0.1) is 5.92 Å². The fourth-order valence-corrected chi connectivity index (χ4v) is 4.88. The van der Waals surface area contributed by atoms with Crippen molar-refractivity contribution in [1.29, 1.82) is 0 Å². The molecule has 30 heavy (non-hydrogen) atoms. The monoisotopic (exact) mass is 440 g/mol. The van der Waals surface area contributed by atoms with E-state index in [1.807, 2.05) is 10.8 Å². The molecule has 0 saturated carbocycles. The van der Waals surface area contributed by atoms with Gasteiger partial charge in [0.15, 0.2) is 5.13 Å². The molecule has 0 aliphatic carbocycles. The smallest absolute Gasteiger partial charge is 0.273 e. The molecule has 2 amide bonds. The van der Waals surface area contributed by atoms with Crippen molar-refractivity contribution < 1.29 is 9.59 Å². The molecule has 156 valence electrons. The number of amides is 2. The summed E-state index contributed by atoms with van der Waals surface area (Å²) in [6.45, 7) is 5.39. The van der Waals surface area contributed by atoms with Crippen LogP contribution in [0.1, 0.15) is 48.7 Å². The van der Waals surface area contributed by atoms with Crippen molar-refractivity contribution in [3.05, 3.63) is 52.5 Å². The highest BCUT2D eigenvalue weighted by atomic mass is 32.1. The number of hydrogen-bond acceptors (Lipinski definition) is 6. The lowest BCUT2D eigenvalue weighted by Gasteiger charge is -2.31. The predicted octanol–water partition coefficient (Wildman–Crippen LogP) is 4.88. The molecular weight excluding hydrogens is 416 g/mol. The first kappa shape index (κ1) is 20.7. The first-order valence-electron chi connectivity index (χ1n) is 10.1. The minimum absolute atomic E-state index is 0.0772. The van der Waals surface area contributed by atoms with Crippen LogP contribution >= 0.6 is 22.7 Å². The molecule has 1 aliphatic rings. The SMILES string of the molecule is CC(C)c1ccc(-c2nc(C(=O)N3CCCC(C(=O)Nc4nccs4)C3)cs2)cc1. The van der Waals surface area contributed by atoms with Crippen molar-refractivity contribution in [2.45, 2.75) is 32.6 Å². The second kappa shape index (κ2) is 9.06. The van der Waals surface area contributed by atoms with E-state index in [1.54, 1.807) is 11.1 Å². The molecular formula is C22H24N4O2S2. The van der Waals surface area contributed by atoms with E-state index in [-0.39, 0.29) is 17.7 Å². The number of thiazole rings is 2. The van der Waals surface area contributed by atoms with Crippen LogP contribution in [-0.4, -0.2) is 39.8 Å². The highest BCUT2D eigenvalue weighted by molar-refractivity contribution is 7.13. The molecule has 1 aromatic carbocycles. The number of nitrogens with zero attached hydrogens (tertiary/aromatic N) is 3. The first-order chi connectivity index (χ1) is 14.5. The summed E-state index contributed by atoms with van der Waals surface area (Å²) in [6, 6.07) is 8.34. The third-order valence-electron chi connectivity index (χ3n) is 5.29. The van der Waals surface area contributed by atoms with E-state index in [0.717, 1.165) is 23.4 Å². The molecule has 1 saturated heterocycles. The van der Waals surface area contributed by atoms with Crippen LogP contribution in [0.5, 0.6) is 0 Å². The van der Waals surface area contributed by atoms with Gasteiger partial charge < -0.3 is 10.2 Å². The Hall–Kier alpha value is -2.58. The zero-order valence-electron chi connectivity index (χ0n) is 17.0. The van der Waals surface area contributed by atoms with Gasteiger partial charge in [0, 0.05) is 35.6 Å². The minimum atomic E-state index is -0.228. The Morgan fingerprint density at radius 2 is 2.00 bits per heavy atom. The summed E-state index contributed by atoms with van der Waals surface area (Å²) >= 11 is 2.86. The van der Waals surface area contributed by atoms with E-state index in [9.17, 15) is 9.59 Å². The van der Waals surface area contributed by atoms with Gasteiger partial charge in [0.25, 0.3) is 5.91 Å². The van der Waals surface area contributed by atoms with E-state index < -0.39 is 0 Å². The Kier molecular flexibility index (Phi) is 6.24. The third-order valence-corrected chi connectivity index (χ3v) is 6.87. The fraction of sp³-hybridized carbons (Fsp3) is 0.364. The standard InChI is InChI=1S/C22H24N4O2S2/c1-14(2)15-5-7-16(8-6-15)20-24-18(13-30-20)21(28)26-10-3-4-17(12-26)19(27)25-22-23-9-11-29-22/h5-9,11,13-14,17H,3-4,10,12H2,1-2H3,(H,23,25,27). The summed E-state index contributed by atoms with van der Waals surface area (Å²) in [5, 5.41) is 7.91. The first-order valence-corrected chi connectivity index (χ1v) is 11.8. The molecule has 0 radical (unpaired) electrons. The second-order valence-electron chi connectivity index (χ2n) is 7.73. The van der Waals surface area contributed by atoms with Crippen LogP contribution in [0.3, 0.4) is 0 Å². The summed E-state index contributed by atoms with van der Waals surface area (Å²) in [5.41, 5.74) is 2.74. The van der Waals surface area contributed by atoms with Crippen LogP contribution in [0.2, 0.25) is 0 Å². The highest BCUT2D eigenvalue weighted by Crippen LogP contribution is 2.27. The number of rotatable bonds is 5. The van der Waals surface area contributed by atoms with E-state index in [2.05, 4.69) is 53.4 Å². The predicted molar refractivity (Wildman–Crippen MR) is 121 cm³/mol. The van der Waals surface area contributed by atoms with Crippen molar-refractivity contribution in [2.75, 3.05) is 18.4 Å². The van der Waals surface area contributed by atoms with E-state index in [0.29, 0.717) is 29.8 Å². The molecule has 1 atom stereocenters. The van der Waals surface area contributed by atoms with Crippen molar-refractivity contribution in [3.63, 3.8) is 0 Å². The second-order valence-corrected chi connectivity index (χ2v) is 9.48. The number of benzene rings is 1. The summed E-state index contributed by atoms with van der Waals surface area (Å²) in [7, 11) is 0.